The number of aliphatic hydroxyl groups is 1. The highest BCUT2D eigenvalue weighted by molar-refractivity contribution is 7.98. The summed E-state index contributed by atoms with van der Waals surface area (Å²) in [5.74, 6) is -9.22. The lowest BCUT2D eigenvalue weighted by Gasteiger charge is -2.41. The van der Waals surface area contributed by atoms with Crippen molar-refractivity contribution in [3.63, 3.8) is 0 Å². The molecular weight excluding hydrogens is 1100 g/mol. The molecule has 1 aliphatic rings. The molecule has 1 aliphatic heterocycles. The van der Waals surface area contributed by atoms with E-state index < -0.39 is 156 Å². The predicted octanol–water partition coefficient (Wildman–Crippen LogP) is 2.67. The molecule has 12 atom stereocenters. The topological polar surface area (TPSA) is 279 Å². The third kappa shape index (κ3) is 21.2. The summed E-state index contributed by atoms with van der Waals surface area (Å²) in [4.78, 5) is 168. The minimum absolute atomic E-state index is 0.0291. The molecule has 0 aromatic carbocycles. The highest BCUT2D eigenvalue weighted by Crippen LogP contribution is 2.25. The van der Waals surface area contributed by atoms with E-state index in [1.165, 1.54) is 99.4 Å². The Labute approximate surface area is 506 Å². The van der Waals surface area contributed by atoms with E-state index in [2.05, 4.69) is 21.3 Å². The van der Waals surface area contributed by atoms with Crippen molar-refractivity contribution in [1.29, 1.82) is 0 Å². The van der Waals surface area contributed by atoms with E-state index in [1.54, 1.807) is 41.5 Å². The zero-order chi connectivity index (χ0) is 65.3. The third-order valence-corrected chi connectivity index (χ3v) is 16.6. The molecule has 0 aromatic rings. The fourth-order valence-electron chi connectivity index (χ4n) is 10.6. The van der Waals surface area contributed by atoms with Crippen molar-refractivity contribution < 1.29 is 57.8 Å². The SMILES string of the molecule is CC[C@@H]1NC(=O)[C@H]([C@H](O)[C@H](C)CSC)N(C)C(=O)[C@H](C(C)C)N(C)C(=O)[C@H](CC(C)C)N(C)C(=O)[C@H](CC(C)C)N(C)C(=O)[C@@H](C)NC(=O)[C@H](C)NC(=O)[C@H](CC(C)C)N(C)C(=O)[C@H](C(C)C)NC(=O)[C@H](CC(C)C)N(C)C(=O)CN(C)C1=O. The second-order valence-corrected chi connectivity index (χ2v) is 26.7. The lowest BCUT2D eigenvalue weighted by Crippen LogP contribution is -2.63. The molecule has 11 amide bonds. The van der Waals surface area contributed by atoms with Gasteiger partial charge in [0.15, 0.2) is 0 Å². The van der Waals surface area contributed by atoms with Gasteiger partial charge >= 0.3 is 0 Å². The number of thioether (sulfide) groups is 1. The summed E-state index contributed by atoms with van der Waals surface area (Å²) in [5.41, 5.74) is 0. The first kappa shape index (κ1) is 76.5. The Balaban J connectivity index is 4.30. The zero-order valence-corrected chi connectivity index (χ0v) is 56.1. The van der Waals surface area contributed by atoms with Crippen LogP contribution in [0, 0.1) is 41.4 Å². The van der Waals surface area contributed by atoms with Gasteiger partial charge in [0.05, 0.1) is 12.6 Å². The summed E-state index contributed by atoms with van der Waals surface area (Å²) >= 11 is 1.41. The summed E-state index contributed by atoms with van der Waals surface area (Å²) in [6.07, 6.45) is 1.01. The minimum atomic E-state index is -1.59. The lowest BCUT2D eigenvalue weighted by atomic mass is 9.93. The first-order chi connectivity index (χ1) is 38.7. The van der Waals surface area contributed by atoms with Gasteiger partial charge < -0.3 is 60.7 Å². The fraction of sp³-hybridized carbons (Fsp3) is 0.817. The van der Waals surface area contributed by atoms with Crippen LogP contribution in [-0.4, -0.2) is 239 Å². The lowest BCUT2D eigenvalue weighted by molar-refractivity contribution is -0.157. The third-order valence-electron chi connectivity index (χ3n) is 15.8. The molecule has 0 aromatic heterocycles. The maximum atomic E-state index is 15.1. The first-order valence-electron chi connectivity index (χ1n) is 29.9. The highest BCUT2D eigenvalue weighted by atomic mass is 32.2. The van der Waals surface area contributed by atoms with Crippen molar-refractivity contribution in [2.24, 2.45) is 41.4 Å². The van der Waals surface area contributed by atoms with E-state index in [4.69, 9.17) is 0 Å². The quantitative estimate of drug-likeness (QED) is 0.158. The van der Waals surface area contributed by atoms with Gasteiger partial charge in [0.2, 0.25) is 65.0 Å². The van der Waals surface area contributed by atoms with Gasteiger partial charge in [0, 0.05) is 49.3 Å². The average Bonchev–Trinajstić information content (AvgIpc) is 2.71. The molecule has 0 unspecified atom stereocenters. The van der Waals surface area contributed by atoms with Crippen LogP contribution in [0.4, 0.5) is 0 Å². The molecule has 0 bridgehead atoms. The first-order valence-corrected chi connectivity index (χ1v) is 31.3. The number of aliphatic hydroxyl groups excluding tert-OH is 1. The smallest absolute Gasteiger partial charge is 0.246 e. The number of amides is 11. The van der Waals surface area contributed by atoms with Gasteiger partial charge in [-0.3, -0.25) is 52.7 Å². The van der Waals surface area contributed by atoms with Gasteiger partial charge in [-0.1, -0.05) is 96.9 Å². The second kappa shape index (κ2) is 34.6. The van der Waals surface area contributed by atoms with Crippen molar-refractivity contribution in [1.82, 2.24) is 55.6 Å². The standard InChI is InChI=1S/C60H109N11O12S/c1-25-41-56(79)65(17)30-46(72)66(18)42(26-32(2)3)53(76)64-47(36(10)11)59(82)67(19)43(27-33(4)5)52(75)61-39(15)51(74)62-40(16)55(78)68(20)44(28-34(6)7)57(80)69(21)45(29-35(8)9)58(81)70(22)48(37(12)13)60(83)71(23)49(54(77)63-41)50(73)38(14)31-84-24/h32-45,47-50,73H,25-31H2,1-24H3,(H,61,75)(H,62,74)(H,63,77)(H,64,76)/t38-,39+,40-,41+,42+,43+,44+,45+,47+,48+,49+,50-/m1/s1. The zero-order valence-electron chi connectivity index (χ0n) is 55.3. The van der Waals surface area contributed by atoms with E-state index in [0.29, 0.717) is 5.75 Å². The Morgan fingerprint density at radius 3 is 1.30 bits per heavy atom. The van der Waals surface area contributed by atoms with Crippen LogP contribution in [-0.2, 0) is 52.7 Å². The summed E-state index contributed by atoms with van der Waals surface area (Å²) in [6, 6.07) is -12.3. The average molecular weight is 1210 g/mol. The molecule has 0 spiro atoms. The fourth-order valence-corrected chi connectivity index (χ4v) is 11.3. The molecule has 23 nitrogen and oxygen atoms in total. The van der Waals surface area contributed by atoms with E-state index in [9.17, 15) is 48.3 Å². The molecule has 482 valence electrons. The Bertz CT molecular complexity index is 2270. The molecule has 84 heavy (non-hydrogen) atoms. The summed E-state index contributed by atoms with van der Waals surface area (Å²) in [5, 5.41) is 23.0. The molecule has 1 heterocycles. The van der Waals surface area contributed by atoms with E-state index >= 15 is 9.59 Å². The molecular formula is C60H109N11O12S. The maximum absolute atomic E-state index is 15.1. The molecule has 1 saturated heterocycles. The van der Waals surface area contributed by atoms with Crippen LogP contribution in [0.15, 0.2) is 0 Å². The van der Waals surface area contributed by atoms with Gasteiger partial charge in [-0.2, -0.15) is 11.8 Å². The molecule has 5 N–H and O–H groups in total. The van der Waals surface area contributed by atoms with Crippen LogP contribution in [0.5, 0.6) is 0 Å². The van der Waals surface area contributed by atoms with E-state index in [-0.39, 0.29) is 55.8 Å². The van der Waals surface area contributed by atoms with Crippen molar-refractivity contribution in [2.45, 2.75) is 209 Å². The molecule has 0 radical (unpaired) electrons. The molecule has 0 aliphatic carbocycles. The van der Waals surface area contributed by atoms with Crippen molar-refractivity contribution in [3.8, 4) is 0 Å². The van der Waals surface area contributed by atoms with Crippen LogP contribution >= 0.6 is 11.8 Å². The van der Waals surface area contributed by atoms with Gasteiger partial charge in [0.25, 0.3) is 0 Å². The van der Waals surface area contributed by atoms with Gasteiger partial charge in [0.1, 0.15) is 60.4 Å². The number of nitrogens with zero attached hydrogens (tertiary/aromatic N) is 7. The molecule has 0 saturated carbocycles. The Morgan fingerprint density at radius 2 is 0.857 bits per heavy atom. The number of likely N-dealkylation sites (N-methyl/N-ethyl adjacent to an activating group) is 7. The van der Waals surface area contributed by atoms with Gasteiger partial charge in [-0.25, -0.2) is 0 Å². The summed E-state index contributed by atoms with van der Waals surface area (Å²) < 4.78 is 0. The summed E-state index contributed by atoms with van der Waals surface area (Å²) in [7, 11) is 9.92. The maximum Gasteiger partial charge on any atom is 0.246 e. The largest absolute Gasteiger partial charge is 0.390 e. The van der Waals surface area contributed by atoms with Crippen LogP contribution in [0.2, 0.25) is 0 Å². The molecule has 24 heteroatoms. The van der Waals surface area contributed by atoms with Crippen molar-refractivity contribution >= 4 is 76.7 Å². The Kier molecular flexibility index (Phi) is 31.5. The number of carbonyl (C=O) groups excluding carboxylic acids is 11. The Hall–Kier alpha value is -5.52. The molecule has 1 fully saturated rings. The van der Waals surface area contributed by atoms with Crippen LogP contribution in [0.1, 0.15) is 143 Å². The van der Waals surface area contributed by atoms with E-state index in [1.807, 2.05) is 61.6 Å². The van der Waals surface area contributed by atoms with Crippen molar-refractivity contribution in [3.05, 3.63) is 0 Å². The van der Waals surface area contributed by atoms with Gasteiger partial charge in [-0.05, 0) is 99.4 Å². The van der Waals surface area contributed by atoms with Crippen LogP contribution in [0.3, 0.4) is 0 Å². The highest BCUT2D eigenvalue weighted by Gasteiger charge is 2.46. The summed E-state index contributed by atoms with van der Waals surface area (Å²) in [6.45, 7) is 27.6. The number of hydrogen-bond acceptors (Lipinski definition) is 13. The second-order valence-electron chi connectivity index (χ2n) is 25.7. The van der Waals surface area contributed by atoms with Crippen LogP contribution in [0.25, 0.3) is 0 Å². The monoisotopic (exact) mass is 1210 g/mol. The molecule has 1 rings (SSSR count). The Morgan fingerprint density at radius 1 is 0.452 bits per heavy atom. The predicted molar refractivity (Wildman–Crippen MR) is 327 cm³/mol. The van der Waals surface area contributed by atoms with Crippen LogP contribution < -0.4 is 21.3 Å². The number of hydrogen-bond donors (Lipinski definition) is 5. The van der Waals surface area contributed by atoms with E-state index in [0.717, 1.165) is 9.80 Å². The number of rotatable bonds is 15. The van der Waals surface area contributed by atoms with Crippen molar-refractivity contribution in [2.75, 3.05) is 67.9 Å². The normalized spacial score (nSPS) is 27.0. The number of nitrogens with one attached hydrogen (secondary N) is 4. The minimum Gasteiger partial charge on any atom is -0.390 e. The number of carbonyl (C=O) groups is 11. The van der Waals surface area contributed by atoms with Gasteiger partial charge in [-0.15, -0.1) is 0 Å².